The Balaban J connectivity index is 2.29. The molecule has 0 amide bonds. The molecule has 0 saturated carbocycles. The fourth-order valence-electron chi connectivity index (χ4n) is 2.15. The smallest absolute Gasteiger partial charge is 0.170 e. The molecule has 2 heteroatoms. The van der Waals surface area contributed by atoms with Gasteiger partial charge in [-0.1, -0.05) is 60.7 Å². The predicted octanol–water partition coefficient (Wildman–Crippen LogP) is 3.96. The Morgan fingerprint density at radius 2 is 1.58 bits per heavy atom. The van der Waals surface area contributed by atoms with E-state index in [1.54, 1.807) is 0 Å². The lowest BCUT2D eigenvalue weighted by Crippen LogP contribution is -2.13. The normalized spacial score (nSPS) is 11.5. The lowest BCUT2D eigenvalue weighted by molar-refractivity contribution is 0.0955. The average molecular weight is 249 g/mol. The van der Waals surface area contributed by atoms with Crippen LogP contribution in [-0.2, 0) is 0 Å². The third-order valence-electron chi connectivity index (χ3n) is 3.12. The van der Waals surface area contributed by atoms with Crippen LogP contribution in [0.5, 0.6) is 0 Å². The highest BCUT2D eigenvalue weighted by atomic mass is 16.1. The largest absolute Gasteiger partial charge is 0.293 e. The highest BCUT2D eigenvalue weighted by Crippen LogP contribution is 2.25. The zero-order valence-corrected chi connectivity index (χ0v) is 10.6. The van der Waals surface area contributed by atoms with Crippen molar-refractivity contribution in [3.8, 4) is 6.07 Å². The number of rotatable bonds is 5. The van der Waals surface area contributed by atoms with Gasteiger partial charge in [-0.25, -0.2) is 0 Å². The third kappa shape index (κ3) is 3.29. The molecule has 0 aliphatic rings. The molecule has 0 saturated heterocycles. The third-order valence-corrected chi connectivity index (χ3v) is 3.12. The van der Waals surface area contributed by atoms with Crippen LogP contribution in [0.2, 0.25) is 0 Å². The van der Waals surface area contributed by atoms with Crippen molar-refractivity contribution < 1.29 is 4.79 Å². The maximum absolute atomic E-state index is 12.5. The van der Waals surface area contributed by atoms with E-state index in [1.165, 1.54) is 0 Å². The van der Waals surface area contributed by atoms with Crippen LogP contribution in [0.4, 0.5) is 0 Å². The molecule has 2 aromatic carbocycles. The molecule has 0 spiro atoms. The van der Waals surface area contributed by atoms with Crippen molar-refractivity contribution in [2.24, 2.45) is 0 Å². The number of hydrogen-bond donors (Lipinski definition) is 0. The summed E-state index contributed by atoms with van der Waals surface area (Å²) >= 11 is 0. The van der Waals surface area contributed by atoms with E-state index in [-0.39, 0.29) is 11.7 Å². The first-order valence-electron chi connectivity index (χ1n) is 6.34. The SMILES string of the molecule is N#CCCC(C(=O)c1ccccc1)c1ccccc1. The lowest BCUT2D eigenvalue weighted by Gasteiger charge is -2.15. The molecule has 94 valence electrons. The Labute approximate surface area is 113 Å². The quantitative estimate of drug-likeness (QED) is 0.752. The van der Waals surface area contributed by atoms with Crippen LogP contribution in [0.25, 0.3) is 0 Å². The first-order valence-corrected chi connectivity index (χ1v) is 6.34. The second kappa shape index (κ2) is 6.51. The van der Waals surface area contributed by atoms with Crippen LogP contribution < -0.4 is 0 Å². The molecule has 0 heterocycles. The van der Waals surface area contributed by atoms with Crippen LogP contribution in [0.1, 0.15) is 34.7 Å². The van der Waals surface area contributed by atoms with Crippen molar-refractivity contribution in [3.63, 3.8) is 0 Å². The number of hydrogen-bond acceptors (Lipinski definition) is 2. The Bertz CT molecular complexity index is 569. The van der Waals surface area contributed by atoms with Gasteiger partial charge in [0.25, 0.3) is 0 Å². The summed E-state index contributed by atoms with van der Waals surface area (Å²) in [5.41, 5.74) is 1.68. The van der Waals surface area contributed by atoms with E-state index in [0.29, 0.717) is 18.4 Å². The number of nitrogens with zero attached hydrogens (tertiary/aromatic N) is 1. The van der Waals surface area contributed by atoms with Gasteiger partial charge in [0.1, 0.15) is 0 Å². The van der Waals surface area contributed by atoms with E-state index in [0.717, 1.165) is 5.56 Å². The zero-order valence-electron chi connectivity index (χ0n) is 10.6. The highest BCUT2D eigenvalue weighted by molar-refractivity contribution is 6.00. The van der Waals surface area contributed by atoms with Gasteiger partial charge in [0.05, 0.1) is 6.07 Å². The van der Waals surface area contributed by atoms with Gasteiger partial charge >= 0.3 is 0 Å². The Morgan fingerprint density at radius 3 is 2.16 bits per heavy atom. The van der Waals surface area contributed by atoms with Crippen LogP contribution in [0.15, 0.2) is 60.7 Å². The molecule has 0 fully saturated rings. The minimum atomic E-state index is -0.233. The maximum Gasteiger partial charge on any atom is 0.170 e. The molecule has 2 rings (SSSR count). The Hall–Kier alpha value is -2.40. The van der Waals surface area contributed by atoms with E-state index in [1.807, 2.05) is 60.7 Å². The number of carbonyl (C=O) groups excluding carboxylic acids is 1. The topological polar surface area (TPSA) is 40.9 Å². The van der Waals surface area contributed by atoms with Crippen LogP contribution in [-0.4, -0.2) is 5.78 Å². The molecular weight excluding hydrogens is 234 g/mol. The minimum Gasteiger partial charge on any atom is -0.293 e. The van der Waals surface area contributed by atoms with Crippen molar-refractivity contribution in [1.29, 1.82) is 5.26 Å². The van der Waals surface area contributed by atoms with Crippen molar-refractivity contribution in [2.75, 3.05) is 0 Å². The van der Waals surface area contributed by atoms with Gasteiger partial charge in [-0.15, -0.1) is 0 Å². The molecule has 2 aromatic rings. The monoisotopic (exact) mass is 249 g/mol. The first-order chi connectivity index (χ1) is 9.33. The fraction of sp³-hybridized carbons (Fsp3) is 0.176. The molecule has 2 nitrogen and oxygen atoms in total. The second-order valence-corrected chi connectivity index (χ2v) is 4.39. The van der Waals surface area contributed by atoms with Gasteiger partial charge in [0.15, 0.2) is 5.78 Å². The molecular formula is C17H15NO. The van der Waals surface area contributed by atoms with Crippen LogP contribution in [0.3, 0.4) is 0 Å². The standard InChI is InChI=1S/C17H15NO/c18-13-7-12-16(14-8-3-1-4-9-14)17(19)15-10-5-2-6-11-15/h1-6,8-11,16H,7,12H2. The molecule has 0 N–H and O–H groups in total. The van der Waals surface area contributed by atoms with E-state index in [2.05, 4.69) is 6.07 Å². The number of nitriles is 1. The second-order valence-electron chi connectivity index (χ2n) is 4.39. The van der Waals surface area contributed by atoms with E-state index in [4.69, 9.17) is 5.26 Å². The van der Waals surface area contributed by atoms with E-state index in [9.17, 15) is 4.79 Å². The van der Waals surface area contributed by atoms with E-state index >= 15 is 0 Å². The number of benzene rings is 2. The summed E-state index contributed by atoms with van der Waals surface area (Å²) in [6, 6.07) is 21.1. The Morgan fingerprint density at radius 1 is 1.00 bits per heavy atom. The number of Topliss-reactive ketones (excluding diaryl/α,β-unsaturated/α-hetero) is 1. The average Bonchev–Trinajstić information content (AvgIpc) is 2.49. The Kier molecular flexibility index (Phi) is 4.47. The minimum absolute atomic E-state index is 0.0852. The lowest BCUT2D eigenvalue weighted by atomic mass is 9.87. The van der Waals surface area contributed by atoms with Gasteiger partial charge in [-0.05, 0) is 12.0 Å². The summed E-state index contributed by atoms with van der Waals surface area (Å²) in [4.78, 5) is 12.5. The van der Waals surface area contributed by atoms with Gasteiger partial charge < -0.3 is 0 Å². The maximum atomic E-state index is 12.5. The summed E-state index contributed by atoms with van der Waals surface area (Å²) in [6.07, 6.45) is 0.951. The zero-order chi connectivity index (χ0) is 13.5. The molecule has 19 heavy (non-hydrogen) atoms. The van der Waals surface area contributed by atoms with E-state index < -0.39 is 0 Å². The predicted molar refractivity (Wildman–Crippen MR) is 74.8 cm³/mol. The van der Waals surface area contributed by atoms with Crippen molar-refractivity contribution in [3.05, 3.63) is 71.8 Å². The molecule has 1 atom stereocenters. The first kappa shape index (κ1) is 13.0. The van der Waals surface area contributed by atoms with Gasteiger partial charge in [-0.2, -0.15) is 5.26 Å². The van der Waals surface area contributed by atoms with Crippen molar-refractivity contribution >= 4 is 5.78 Å². The molecule has 0 bridgehead atoms. The summed E-state index contributed by atoms with van der Waals surface area (Å²) in [5.74, 6) is -0.148. The molecule has 1 unspecified atom stereocenters. The number of ketones is 1. The molecule has 0 aromatic heterocycles. The van der Waals surface area contributed by atoms with Crippen molar-refractivity contribution in [1.82, 2.24) is 0 Å². The summed E-state index contributed by atoms with van der Waals surface area (Å²) in [6.45, 7) is 0. The summed E-state index contributed by atoms with van der Waals surface area (Å²) < 4.78 is 0. The molecule has 0 radical (unpaired) electrons. The van der Waals surface area contributed by atoms with Gasteiger partial charge in [0, 0.05) is 17.9 Å². The molecule has 0 aliphatic heterocycles. The molecule has 0 aliphatic carbocycles. The summed E-state index contributed by atoms with van der Waals surface area (Å²) in [7, 11) is 0. The van der Waals surface area contributed by atoms with Crippen LogP contribution >= 0.6 is 0 Å². The van der Waals surface area contributed by atoms with Gasteiger partial charge in [-0.3, -0.25) is 4.79 Å². The highest BCUT2D eigenvalue weighted by Gasteiger charge is 2.21. The summed E-state index contributed by atoms with van der Waals surface area (Å²) in [5, 5.41) is 8.75. The van der Waals surface area contributed by atoms with Crippen molar-refractivity contribution in [2.45, 2.75) is 18.8 Å². The fourth-order valence-corrected chi connectivity index (χ4v) is 2.15. The number of carbonyl (C=O) groups is 1. The van der Waals surface area contributed by atoms with Gasteiger partial charge in [0.2, 0.25) is 0 Å². The van der Waals surface area contributed by atoms with Crippen LogP contribution in [0, 0.1) is 11.3 Å².